The Morgan fingerprint density at radius 2 is 2.00 bits per heavy atom. The van der Waals surface area contributed by atoms with Crippen molar-refractivity contribution in [2.45, 2.75) is 39.5 Å². The molecule has 0 amide bonds. The summed E-state index contributed by atoms with van der Waals surface area (Å²) in [7, 11) is 0. The molecule has 0 aromatic carbocycles. The number of aromatic nitrogens is 2. The highest BCUT2D eigenvalue weighted by atomic mass is 127. The summed E-state index contributed by atoms with van der Waals surface area (Å²) in [5.41, 5.74) is 0.465. The predicted molar refractivity (Wildman–Crippen MR) is 82.0 cm³/mol. The fourth-order valence-corrected chi connectivity index (χ4v) is 3.38. The van der Waals surface area contributed by atoms with Gasteiger partial charge in [0.1, 0.15) is 9.39 Å². The zero-order valence-corrected chi connectivity index (χ0v) is 13.2. The zero-order valence-electron chi connectivity index (χ0n) is 11.0. The van der Waals surface area contributed by atoms with E-state index in [4.69, 9.17) is 0 Å². The van der Waals surface area contributed by atoms with Crippen molar-refractivity contribution in [1.82, 2.24) is 9.97 Å². The van der Waals surface area contributed by atoms with E-state index in [0.29, 0.717) is 8.99 Å². The largest absolute Gasteiger partial charge is 0.355 e. The van der Waals surface area contributed by atoms with Crippen LogP contribution in [-0.4, -0.2) is 23.1 Å². The van der Waals surface area contributed by atoms with E-state index in [-0.39, 0.29) is 5.56 Å². The number of nitrogens with zero attached hydrogens (tertiary/aromatic N) is 2. The summed E-state index contributed by atoms with van der Waals surface area (Å²) in [5.74, 6) is 0.847. The topological polar surface area (TPSA) is 49.0 Å². The zero-order chi connectivity index (χ0) is 13.2. The minimum absolute atomic E-state index is 0.0385. The highest BCUT2D eigenvalue weighted by Gasteiger charge is 2.32. The summed E-state index contributed by atoms with van der Waals surface area (Å²) < 4.78 is 0.704. The van der Waals surface area contributed by atoms with E-state index in [1.807, 2.05) is 0 Å². The lowest BCUT2D eigenvalue weighted by Gasteiger charge is -2.41. The van der Waals surface area contributed by atoms with E-state index in [0.717, 1.165) is 18.9 Å². The smallest absolute Gasteiger partial charge is 0.266 e. The fourth-order valence-electron chi connectivity index (χ4n) is 2.74. The molecule has 5 heteroatoms. The first-order chi connectivity index (χ1) is 8.62. The van der Waals surface area contributed by atoms with Gasteiger partial charge in [-0.05, 0) is 40.8 Å². The summed E-state index contributed by atoms with van der Waals surface area (Å²) >= 11 is 2.09. The van der Waals surface area contributed by atoms with Crippen molar-refractivity contribution in [3.8, 4) is 0 Å². The Labute approximate surface area is 121 Å². The van der Waals surface area contributed by atoms with Crippen LogP contribution in [-0.2, 0) is 0 Å². The molecule has 1 fully saturated rings. The van der Waals surface area contributed by atoms with Gasteiger partial charge in [0.25, 0.3) is 5.56 Å². The average Bonchev–Trinajstić information content (AvgIpc) is 2.42. The summed E-state index contributed by atoms with van der Waals surface area (Å²) in [5, 5.41) is 0. The van der Waals surface area contributed by atoms with E-state index in [1.54, 1.807) is 0 Å². The summed E-state index contributed by atoms with van der Waals surface area (Å²) in [4.78, 5) is 20.8. The molecule has 0 atom stereocenters. The number of piperidine rings is 1. The Bertz CT molecular complexity index is 458. The second-order valence-electron chi connectivity index (χ2n) is 5.06. The molecule has 4 nitrogen and oxygen atoms in total. The molecular formula is C13H20IN3O. The van der Waals surface area contributed by atoms with Crippen molar-refractivity contribution in [2.75, 3.05) is 18.0 Å². The first-order valence-corrected chi connectivity index (χ1v) is 7.68. The quantitative estimate of drug-likeness (QED) is 0.843. The maximum absolute atomic E-state index is 11.6. The molecule has 1 aliphatic heterocycles. The van der Waals surface area contributed by atoms with E-state index >= 15 is 0 Å². The van der Waals surface area contributed by atoms with Crippen LogP contribution in [0.4, 0.5) is 5.82 Å². The van der Waals surface area contributed by atoms with Crippen molar-refractivity contribution in [2.24, 2.45) is 5.41 Å². The molecule has 0 bridgehead atoms. The van der Waals surface area contributed by atoms with Gasteiger partial charge >= 0.3 is 0 Å². The second kappa shape index (κ2) is 5.59. The molecule has 0 saturated carbocycles. The minimum atomic E-state index is -0.0385. The van der Waals surface area contributed by atoms with Gasteiger partial charge in [-0.2, -0.15) is 0 Å². The van der Waals surface area contributed by atoms with Crippen molar-refractivity contribution in [3.63, 3.8) is 0 Å². The van der Waals surface area contributed by atoms with Crippen LogP contribution >= 0.6 is 22.6 Å². The standard InChI is InChI=1S/C13H20IN3O/c1-3-13(4-2)5-7-17(8-6-13)11-10(14)12(18)16-9-15-11/h9H,3-8H2,1-2H3,(H,15,16,18). The molecule has 18 heavy (non-hydrogen) atoms. The molecule has 1 N–H and O–H groups in total. The summed E-state index contributed by atoms with van der Waals surface area (Å²) in [6.45, 7) is 6.59. The van der Waals surface area contributed by atoms with Gasteiger partial charge in [-0.1, -0.05) is 26.7 Å². The highest BCUT2D eigenvalue weighted by Crippen LogP contribution is 2.38. The van der Waals surface area contributed by atoms with Gasteiger partial charge in [0.2, 0.25) is 0 Å². The molecule has 2 rings (SSSR count). The van der Waals surface area contributed by atoms with Gasteiger partial charge in [0, 0.05) is 13.1 Å². The number of anilines is 1. The van der Waals surface area contributed by atoms with E-state index in [1.165, 1.54) is 32.0 Å². The Hall–Kier alpha value is -0.590. The van der Waals surface area contributed by atoms with Crippen molar-refractivity contribution < 1.29 is 0 Å². The number of halogens is 1. The number of nitrogens with one attached hydrogen (secondary N) is 1. The molecule has 0 spiro atoms. The third-order valence-electron chi connectivity index (χ3n) is 4.40. The third-order valence-corrected chi connectivity index (χ3v) is 5.37. The van der Waals surface area contributed by atoms with Gasteiger partial charge in [0.15, 0.2) is 0 Å². The number of hydrogen-bond acceptors (Lipinski definition) is 3. The molecule has 100 valence electrons. The van der Waals surface area contributed by atoms with Crippen LogP contribution in [0.3, 0.4) is 0 Å². The Balaban J connectivity index is 2.15. The lowest BCUT2D eigenvalue weighted by atomic mass is 9.74. The van der Waals surface area contributed by atoms with E-state index in [9.17, 15) is 4.79 Å². The van der Waals surface area contributed by atoms with Crippen LogP contribution in [0.15, 0.2) is 11.1 Å². The molecule has 1 aliphatic rings. The Kier molecular flexibility index (Phi) is 4.29. The molecule has 0 unspecified atom stereocenters. The van der Waals surface area contributed by atoms with Gasteiger partial charge in [-0.3, -0.25) is 4.79 Å². The van der Waals surface area contributed by atoms with Crippen molar-refractivity contribution in [3.05, 3.63) is 20.3 Å². The van der Waals surface area contributed by atoms with Crippen LogP contribution in [0.5, 0.6) is 0 Å². The molecule has 1 saturated heterocycles. The molecule has 2 heterocycles. The van der Waals surface area contributed by atoms with E-state index in [2.05, 4.69) is 51.3 Å². The monoisotopic (exact) mass is 361 g/mol. The van der Waals surface area contributed by atoms with Gasteiger partial charge in [0.05, 0.1) is 6.33 Å². The van der Waals surface area contributed by atoms with Crippen LogP contribution < -0.4 is 10.5 Å². The molecule has 1 aromatic rings. The van der Waals surface area contributed by atoms with Crippen molar-refractivity contribution >= 4 is 28.4 Å². The minimum Gasteiger partial charge on any atom is -0.355 e. The van der Waals surface area contributed by atoms with Crippen molar-refractivity contribution in [1.29, 1.82) is 0 Å². The number of H-pyrrole nitrogens is 1. The van der Waals surface area contributed by atoms with Gasteiger partial charge < -0.3 is 9.88 Å². The van der Waals surface area contributed by atoms with Crippen LogP contribution in [0.2, 0.25) is 0 Å². The Morgan fingerprint density at radius 1 is 1.39 bits per heavy atom. The van der Waals surface area contributed by atoms with Crippen LogP contribution in [0.1, 0.15) is 39.5 Å². The molecule has 0 aliphatic carbocycles. The molecule has 0 radical (unpaired) electrons. The first kappa shape index (κ1) is 13.8. The molecular weight excluding hydrogens is 341 g/mol. The number of aromatic amines is 1. The van der Waals surface area contributed by atoms with Gasteiger partial charge in [-0.15, -0.1) is 0 Å². The third kappa shape index (κ3) is 2.55. The summed E-state index contributed by atoms with van der Waals surface area (Å²) in [6.07, 6.45) is 6.39. The maximum atomic E-state index is 11.6. The van der Waals surface area contributed by atoms with Crippen LogP contribution in [0.25, 0.3) is 0 Å². The van der Waals surface area contributed by atoms with Crippen LogP contribution in [0, 0.1) is 8.99 Å². The first-order valence-electron chi connectivity index (χ1n) is 6.60. The fraction of sp³-hybridized carbons (Fsp3) is 0.692. The average molecular weight is 361 g/mol. The summed E-state index contributed by atoms with van der Waals surface area (Å²) in [6, 6.07) is 0. The maximum Gasteiger partial charge on any atom is 0.266 e. The number of hydrogen-bond donors (Lipinski definition) is 1. The Morgan fingerprint density at radius 3 is 2.56 bits per heavy atom. The highest BCUT2D eigenvalue weighted by molar-refractivity contribution is 14.1. The van der Waals surface area contributed by atoms with Gasteiger partial charge in [-0.25, -0.2) is 4.98 Å². The normalized spacial score (nSPS) is 18.9. The second-order valence-corrected chi connectivity index (χ2v) is 6.14. The predicted octanol–water partition coefficient (Wildman–Crippen LogP) is 2.78. The lowest BCUT2D eigenvalue weighted by molar-refractivity contribution is 0.199. The van der Waals surface area contributed by atoms with E-state index < -0.39 is 0 Å². The SMILES string of the molecule is CCC1(CC)CCN(c2nc[nH]c(=O)c2I)CC1. The number of rotatable bonds is 3. The molecule has 1 aromatic heterocycles. The lowest BCUT2D eigenvalue weighted by Crippen LogP contribution is -2.41.